The zero-order chi connectivity index (χ0) is 28.4. The number of aryl methyl sites for hydroxylation is 2. The molecular weight excluding hydrogens is 500 g/mol. The van der Waals surface area contributed by atoms with Crippen molar-refractivity contribution in [1.82, 2.24) is 29.6 Å². The van der Waals surface area contributed by atoms with Crippen molar-refractivity contribution < 1.29 is 9.59 Å². The number of likely N-dealkylation sites (tertiary alicyclic amines) is 2. The Bertz CT molecular complexity index is 1170. The zero-order valence-corrected chi connectivity index (χ0v) is 25.0. The lowest BCUT2D eigenvalue weighted by atomic mass is 9.82. The number of piperidine rings is 2. The summed E-state index contributed by atoms with van der Waals surface area (Å²) >= 11 is 0. The van der Waals surface area contributed by atoms with Gasteiger partial charge >= 0.3 is 0 Å². The predicted molar refractivity (Wildman–Crippen MR) is 157 cm³/mol. The van der Waals surface area contributed by atoms with Crippen molar-refractivity contribution in [3.05, 3.63) is 59.2 Å². The van der Waals surface area contributed by atoms with Gasteiger partial charge in [-0.3, -0.25) is 19.4 Å². The maximum Gasteiger partial charge on any atom is 0.257 e. The lowest BCUT2D eigenvalue weighted by Crippen LogP contribution is -2.63. The molecule has 1 aromatic heterocycles. The maximum atomic E-state index is 13.3. The Balaban J connectivity index is 1.24. The molecule has 0 aliphatic carbocycles. The van der Waals surface area contributed by atoms with Crippen LogP contribution in [0.1, 0.15) is 79.8 Å². The molecule has 216 valence electrons. The van der Waals surface area contributed by atoms with Crippen molar-refractivity contribution >= 4 is 11.8 Å². The molecule has 0 spiro atoms. The van der Waals surface area contributed by atoms with Gasteiger partial charge in [-0.25, -0.2) is 9.97 Å². The maximum absolute atomic E-state index is 13.3. The lowest BCUT2D eigenvalue weighted by molar-refractivity contribution is -0.130. The third kappa shape index (κ3) is 5.79. The quantitative estimate of drug-likeness (QED) is 0.563. The molecule has 3 aliphatic heterocycles. The van der Waals surface area contributed by atoms with Crippen molar-refractivity contribution in [2.45, 2.75) is 77.9 Å². The first-order chi connectivity index (χ1) is 19.2. The summed E-state index contributed by atoms with van der Waals surface area (Å²) in [4.78, 5) is 43.3. The number of aromatic nitrogens is 2. The normalized spacial score (nSPS) is 23.7. The molecule has 5 rings (SSSR count). The number of carbonyl (C=O) groups is 2. The van der Waals surface area contributed by atoms with Crippen molar-refractivity contribution in [3.8, 4) is 0 Å². The van der Waals surface area contributed by atoms with Gasteiger partial charge < -0.3 is 9.80 Å². The van der Waals surface area contributed by atoms with Crippen LogP contribution < -0.4 is 0 Å². The van der Waals surface area contributed by atoms with Gasteiger partial charge in [0.1, 0.15) is 6.33 Å². The molecular formula is C32H46N6O2. The third-order valence-electron chi connectivity index (χ3n) is 9.94. The van der Waals surface area contributed by atoms with Gasteiger partial charge in [0.2, 0.25) is 5.91 Å². The molecule has 0 radical (unpaired) electrons. The fourth-order valence-electron chi connectivity index (χ4n) is 7.36. The second-order valence-corrected chi connectivity index (χ2v) is 12.4. The number of piperazine rings is 1. The van der Waals surface area contributed by atoms with Crippen LogP contribution in [0.4, 0.5) is 0 Å². The molecule has 0 N–H and O–H groups in total. The van der Waals surface area contributed by atoms with E-state index in [2.05, 4.69) is 63.9 Å². The van der Waals surface area contributed by atoms with Gasteiger partial charge in [0.05, 0.1) is 17.0 Å². The number of hydrogen-bond donors (Lipinski definition) is 0. The molecule has 8 nitrogen and oxygen atoms in total. The summed E-state index contributed by atoms with van der Waals surface area (Å²) in [6.07, 6.45) is 5.59. The summed E-state index contributed by atoms with van der Waals surface area (Å²) in [5, 5.41) is 0. The molecule has 0 unspecified atom stereocenters. The Kier molecular flexibility index (Phi) is 8.57. The van der Waals surface area contributed by atoms with E-state index in [0.717, 1.165) is 82.9 Å². The third-order valence-corrected chi connectivity index (χ3v) is 9.94. The second kappa shape index (κ2) is 12.0. The van der Waals surface area contributed by atoms with Gasteiger partial charge in [0, 0.05) is 70.4 Å². The average molecular weight is 547 g/mol. The molecule has 3 aliphatic rings. The van der Waals surface area contributed by atoms with Crippen molar-refractivity contribution in [2.75, 3.05) is 45.8 Å². The van der Waals surface area contributed by atoms with E-state index < -0.39 is 0 Å². The number of rotatable bonds is 5. The van der Waals surface area contributed by atoms with E-state index in [4.69, 9.17) is 0 Å². The molecule has 2 aromatic rings. The van der Waals surface area contributed by atoms with E-state index in [1.807, 2.05) is 23.6 Å². The minimum atomic E-state index is 0.0670. The summed E-state index contributed by atoms with van der Waals surface area (Å²) in [7, 11) is 0. The Morgan fingerprint density at radius 1 is 0.900 bits per heavy atom. The fraction of sp³-hybridized carbons (Fsp3) is 0.625. The van der Waals surface area contributed by atoms with Crippen LogP contribution in [-0.4, -0.2) is 98.8 Å². The van der Waals surface area contributed by atoms with E-state index in [1.165, 1.54) is 11.9 Å². The van der Waals surface area contributed by atoms with Crippen LogP contribution in [0.5, 0.6) is 0 Å². The highest BCUT2D eigenvalue weighted by atomic mass is 16.2. The Labute approximate surface area is 239 Å². The summed E-state index contributed by atoms with van der Waals surface area (Å²) in [6, 6.07) is 11.8. The SMILES string of the molecule is CC(=O)N1CCC([C@@H](c2ccccc2)N2CCN(C3(C)CCN(C(=O)c4c(C)ncnc4C)CC3)C[C@@H]2C)CC1. The first-order valence-corrected chi connectivity index (χ1v) is 15.1. The molecule has 40 heavy (non-hydrogen) atoms. The second-order valence-electron chi connectivity index (χ2n) is 12.4. The number of carbonyl (C=O) groups excluding carboxylic acids is 2. The first kappa shape index (κ1) is 28.7. The van der Waals surface area contributed by atoms with E-state index >= 15 is 0 Å². The Morgan fingerprint density at radius 2 is 1.52 bits per heavy atom. The van der Waals surface area contributed by atoms with Crippen molar-refractivity contribution in [3.63, 3.8) is 0 Å². The van der Waals surface area contributed by atoms with Gasteiger partial charge in [-0.1, -0.05) is 30.3 Å². The summed E-state index contributed by atoms with van der Waals surface area (Å²) in [5.74, 6) is 0.808. The summed E-state index contributed by atoms with van der Waals surface area (Å²) in [5.41, 5.74) is 3.67. The first-order valence-electron chi connectivity index (χ1n) is 15.1. The summed E-state index contributed by atoms with van der Waals surface area (Å²) < 4.78 is 0. The molecule has 0 saturated carbocycles. The zero-order valence-electron chi connectivity index (χ0n) is 25.0. The molecule has 4 heterocycles. The standard InChI is InChI=1S/C32H46N6O2/c1-23-21-37(32(5)13-17-36(18-14-32)31(40)29-24(2)33-22-34-25(29)3)19-20-38(23)30(27-9-7-6-8-10-27)28-11-15-35(16-12-28)26(4)39/h6-10,22-23,28,30H,11-21H2,1-5H3/t23-,30+/m0/s1. The Hall–Kier alpha value is -2.84. The summed E-state index contributed by atoms with van der Waals surface area (Å²) in [6.45, 7) is 16.6. The van der Waals surface area contributed by atoms with E-state index in [1.54, 1.807) is 6.92 Å². The van der Waals surface area contributed by atoms with Gasteiger partial charge in [-0.05, 0) is 64.9 Å². The Morgan fingerprint density at radius 3 is 2.10 bits per heavy atom. The molecule has 2 atom stereocenters. The molecule has 8 heteroatoms. The van der Waals surface area contributed by atoms with Gasteiger partial charge in [-0.15, -0.1) is 0 Å². The minimum Gasteiger partial charge on any atom is -0.343 e. The van der Waals surface area contributed by atoms with Crippen LogP contribution in [-0.2, 0) is 4.79 Å². The predicted octanol–water partition coefficient (Wildman–Crippen LogP) is 4.09. The van der Waals surface area contributed by atoms with E-state index in [9.17, 15) is 9.59 Å². The molecule has 3 fully saturated rings. The fourth-order valence-corrected chi connectivity index (χ4v) is 7.36. The highest BCUT2D eigenvalue weighted by Crippen LogP contribution is 2.39. The molecule has 1 aromatic carbocycles. The number of hydrogen-bond acceptors (Lipinski definition) is 6. The van der Waals surface area contributed by atoms with Crippen LogP contribution in [0.25, 0.3) is 0 Å². The lowest BCUT2D eigenvalue weighted by Gasteiger charge is -2.54. The largest absolute Gasteiger partial charge is 0.343 e. The monoisotopic (exact) mass is 546 g/mol. The molecule has 2 amide bonds. The van der Waals surface area contributed by atoms with Crippen LogP contribution in [0, 0.1) is 19.8 Å². The van der Waals surface area contributed by atoms with Gasteiger partial charge in [-0.2, -0.15) is 0 Å². The molecule has 3 saturated heterocycles. The average Bonchev–Trinajstić information content (AvgIpc) is 2.95. The van der Waals surface area contributed by atoms with E-state index in [0.29, 0.717) is 23.6 Å². The molecule has 0 bridgehead atoms. The van der Waals surface area contributed by atoms with Crippen molar-refractivity contribution in [2.24, 2.45) is 5.92 Å². The van der Waals surface area contributed by atoms with Crippen LogP contribution in [0.15, 0.2) is 36.7 Å². The number of nitrogens with zero attached hydrogens (tertiary/aromatic N) is 6. The highest BCUT2D eigenvalue weighted by Gasteiger charge is 2.43. The minimum absolute atomic E-state index is 0.0670. The highest BCUT2D eigenvalue weighted by molar-refractivity contribution is 5.96. The van der Waals surface area contributed by atoms with E-state index in [-0.39, 0.29) is 17.4 Å². The number of benzene rings is 1. The topological polar surface area (TPSA) is 72.9 Å². The van der Waals surface area contributed by atoms with Crippen molar-refractivity contribution in [1.29, 1.82) is 0 Å². The smallest absolute Gasteiger partial charge is 0.257 e. The van der Waals surface area contributed by atoms with Gasteiger partial charge in [0.15, 0.2) is 0 Å². The number of amides is 2. The van der Waals surface area contributed by atoms with Crippen LogP contribution in [0.3, 0.4) is 0 Å². The van der Waals surface area contributed by atoms with Gasteiger partial charge in [0.25, 0.3) is 5.91 Å². The van der Waals surface area contributed by atoms with Crippen LogP contribution >= 0.6 is 0 Å². The van der Waals surface area contributed by atoms with Crippen LogP contribution in [0.2, 0.25) is 0 Å².